The van der Waals surface area contributed by atoms with Gasteiger partial charge in [0.25, 0.3) is 0 Å². The zero-order chi connectivity index (χ0) is 17.1. The number of hydrazine groups is 1. The molecule has 0 spiro atoms. The molecule has 2 aliphatic heterocycles. The third-order valence-corrected chi connectivity index (χ3v) is 6.31. The minimum Gasteiger partial charge on any atom is -0.474 e. The molecule has 6 heteroatoms. The molecule has 138 valence electrons. The van der Waals surface area contributed by atoms with E-state index in [1.807, 2.05) is 25.3 Å². The van der Waals surface area contributed by atoms with Crippen LogP contribution in [-0.2, 0) is 4.74 Å². The first-order valence-electron chi connectivity index (χ1n) is 9.62. The topological polar surface area (TPSA) is 58.7 Å². The fourth-order valence-corrected chi connectivity index (χ4v) is 4.78. The van der Waals surface area contributed by atoms with Gasteiger partial charge in [-0.15, -0.1) is 0 Å². The van der Waals surface area contributed by atoms with Crippen molar-refractivity contribution in [3.05, 3.63) is 24.4 Å². The molecular formula is C19H30N4O2. The Kier molecular flexibility index (Phi) is 5.22. The smallest absolute Gasteiger partial charge is 0.213 e. The van der Waals surface area contributed by atoms with Crippen LogP contribution in [0.3, 0.4) is 0 Å². The average Bonchev–Trinajstić information content (AvgIpc) is 3.29. The molecule has 3 heterocycles. The Morgan fingerprint density at radius 1 is 1.28 bits per heavy atom. The lowest BCUT2D eigenvalue weighted by Crippen LogP contribution is -2.52. The lowest BCUT2D eigenvalue weighted by atomic mass is 9.79. The number of hydrogen-bond acceptors (Lipinski definition) is 6. The number of ether oxygens (including phenoxy) is 2. The first kappa shape index (κ1) is 17.2. The van der Waals surface area contributed by atoms with Gasteiger partial charge in [-0.2, -0.15) is 0 Å². The van der Waals surface area contributed by atoms with Gasteiger partial charge >= 0.3 is 0 Å². The Bertz CT molecular complexity index is 552. The second-order valence-electron chi connectivity index (χ2n) is 7.67. The Morgan fingerprint density at radius 2 is 2.16 bits per heavy atom. The van der Waals surface area contributed by atoms with Crippen molar-refractivity contribution in [3.8, 4) is 5.88 Å². The van der Waals surface area contributed by atoms with Gasteiger partial charge in [-0.1, -0.05) is 6.07 Å². The van der Waals surface area contributed by atoms with Crippen LogP contribution in [0, 0.1) is 5.92 Å². The molecule has 0 radical (unpaired) electrons. The van der Waals surface area contributed by atoms with E-state index in [9.17, 15) is 0 Å². The fourth-order valence-electron chi connectivity index (χ4n) is 4.78. The van der Waals surface area contributed by atoms with Crippen molar-refractivity contribution in [2.75, 3.05) is 33.3 Å². The van der Waals surface area contributed by atoms with Crippen molar-refractivity contribution in [2.24, 2.45) is 5.92 Å². The molecule has 0 unspecified atom stereocenters. The van der Waals surface area contributed by atoms with Crippen molar-refractivity contribution in [3.63, 3.8) is 0 Å². The number of rotatable bonds is 6. The molecule has 25 heavy (non-hydrogen) atoms. The van der Waals surface area contributed by atoms with Crippen LogP contribution >= 0.6 is 0 Å². The van der Waals surface area contributed by atoms with E-state index < -0.39 is 0 Å². The van der Waals surface area contributed by atoms with Gasteiger partial charge in [0.05, 0.1) is 5.60 Å². The molecule has 2 N–H and O–H groups in total. The lowest BCUT2D eigenvalue weighted by molar-refractivity contribution is -0.0835. The van der Waals surface area contributed by atoms with Crippen LogP contribution in [-0.4, -0.2) is 60.9 Å². The van der Waals surface area contributed by atoms with E-state index in [1.54, 1.807) is 6.20 Å². The van der Waals surface area contributed by atoms with Crippen molar-refractivity contribution < 1.29 is 9.47 Å². The van der Waals surface area contributed by atoms with Crippen molar-refractivity contribution in [1.29, 1.82) is 0 Å². The molecular weight excluding hydrogens is 316 g/mol. The predicted molar refractivity (Wildman–Crippen MR) is 96.3 cm³/mol. The Hall–Kier alpha value is -1.21. The van der Waals surface area contributed by atoms with E-state index in [1.165, 1.54) is 6.42 Å². The molecule has 3 fully saturated rings. The average molecular weight is 346 g/mol. The van der Waals surface area contributed by atoms with E-state index >= 15 is 0 Å². The maximum Gasteiger partial charge on any atom is 0.213 e. The normalized spacial score (nSPS) is 33.5. The Morgan fingerprint density at radius 3 is 2.92 bits per heavy atom. The van der Waals surface area contributed by atoms with E-state index in [2.05, 4.69) is 20.7 Å². The van der Waals surface area contributed by atoms with Gasteiger partial charge < -0.3 is 9.47 Å². The summed E-state index contributed by atoms with van der Waals surface area (Å²) in [5, 5.41) is 0. The number of methoxy groups -OCH3 is 1. The van der Waals surface area contributed by atoms with Crippen molar-refractivity contribution in [2.45, 2.75) is 49.9 Å². The first-order chi connectivity index (χ1) is 12.3. The summed E-state index contributed by atoms with van der Waals surface area (Å²) in [4.78, 5) is 6.97. The van der Waals surface area contributed by atoms with E-state index in [-0.39, 0.29) is 11.7 Å². The van der Waals surface area contributed by atoms with Crippen LogP contribution in [0.15, 0.2) is 24.4 Å². The van der Waals surface area contributed by atoms with Crippen LogP contribution in [0.2, 0.25) is 0 Å². The number of aromatic nitrogens is 1. The lowest BCUT2D eigenvalue weighted by Gasteiger charge is -2.43. The summed E-state index contributed by atoms with van der Waals surface area (Å²) in [7, 11) is 1.89. The minimum absolute atomic E-state index is 0.0240. The fraction of sp³-hybridized carbons (Fsp3) is 0.737. The van der Waals surface area contributed by atoms with Gasteiger partial charge in [0.15, 0.2) is 0 Å². The van der Waals surface area contributed by atoms with E-state index in [0.717, 1.165) is 63.7 Å². The highest BCUT2D eigenvalue weighted by molar-refractivity contribution is 5.11. The summed E-state index contributed by atoms with van der Waals surface area (Å²) in [6, 6.07) is 6.32. The molecule has 3 atom stereocenters. The Labute approximate surface area is 150 Å². The number of pyridine rings is 1. The molecule has 1 saturated carbocycles. The maximum absolute atomic E-state index is 6.17. The second kappa shape index (κ2) is 7.58. The van der Waals surface area contributed by atoms with Crippen LogP contribution in [0.1, 0.15) is 32.1 Å². The predicted octanol–water partition coefficient (Wildman–Crippen LogP) is 1.59. The molecule has 1 aromatic rings. The quantitative estimate of drug-likeness (QED) is 0.816. The maximum atomic E-state index is 6.17. The highest BCUT2D eigenvalue weighted by Gasteiger charge is 2.51. The number of likely N-dealkylation sites (tertiary alicyclic amines) is 1. The number of fused-ring (bicyclic) bond motifs is 1. The summed E-state index contributed by atoms with van der Waals surface area (Å²) in [5.41, 5.74) is 6.50. The van der Waals surface area contributed by atoms with Crippen LogP contribution in [0.5, 0.6) is 5.88 Å². The Balaban J connectivity index is 1.39. The molecule has 3 aliphatic rings. The second-order valence-corrected chi connectivity index (χ2v) is 7.67. The SMILES string of the molecule is CO[C@]12CC[C@H](Oc3ccccn3)C[C@H]1N(CCC1CNNC1)CC2. The van der Waals surface area contributed by atoms with Crippen molar-refractivity contribution in [1.82, 2.24) is 20.7 Å². The standard InChI is InChI=1S/C19H30N4O2/c1-24-19-7-5-16(25-18-4-2-3-9-20-18)12-17(19)23(11-8-19)10-6-15-13-21-22-14-15/h2-4,9,15-17,21-22H,5-8,10-14H2,1H3/t16-,17+,19-/m0/s1. The summed E-state index contributed by atoms with van der Waals surface area (Å²) in [6.07, 6.45) is 7.57. The van der Waals surface area contributed by atoms with E-state index in [0.29, 0.717) is 6.04 Å². The molecule has 1 aromatic heterocycles. The zero-order valence-electron chi connectivity index (χ0n) is 15.1. The van der Waals surface area contributed by atoms with Gasteiger partial charge in [0, 0.05) is 51.5 Å². The first-order valence-corrected chi connectivity index (χ1v) is 9.62. The summed E-state index contributed by atoms with van der Waals surface area (Å²) < 4.78 is 12.2. The van der Waals surface area contributed by atoms with Crippen molar-refractivity contribution >= 4 is 0 Å². The van der Waals surface area contributed by atoms with E-state index in [4.69, 9.17) is 9.47 Å². The summed E-state index contributed by atoms with van der Waals surface area (Å²) in [5.74, 6) is 1.48. The minimum atomic E-state index is 0.0240. The highest BCUT2D eigenvalue weighted by atomic mass is 16.5. The summed E-state index contributed by atoms with van der Waals surface area (Å²) >= 11 is 0. The molecule has 0 bridgehead atoms. The van der Waals surface area contributed by atoms with Gasteiger partial charge in [0.1, 0.15) is 6.10 Å². The third-order valence-electron chi connectivity index (χ3n) is 6.31. The number of nitrogens with one attached hydrogen (secondary N) is 2. The molecule has 6 nitrogen and oxygen atoms in total. The molecule has 1 aliphatic carbocycles. The van der Waals surface area contributed by atoms with Gasteiger partial charge in [-0.25, -0.2) is 4.98 Å². The number of nitrogens with zero attached hydrogens (tertiary/aromatic N) is 2. The van der Waals surface area contributed by atoms with Crippen LogP contribution in [0.25, 0.3) is 0 Å². The van der Waals surface area contributed by atoms with Crippen LogP contribution in [0.4, 0.5) is 0 Å². The van der Waals surface area contributed by atoms with Gasteiger partial charge in [0.2, 0.25) is 5.88 Å². The van der Waals surface area contributed by atoms with Gasteiger partial charge in [-0.05, 0) is 44.2 Å². The third kappa shape index (κ3) is 3.67. The molecule has 0 aromatic carbocycles. The monoisotopic (exact) mass is 346 g/mol. The highest BCUT2D eigenvalue weighted by Crippen LogP contribution is 2.43. The largest absolute Gasteiger partial charge is 0.474 e. The molecule has 0 amide bonds. The molecule has 4 rings (SSSR count). The summed E-state index contributed by atoms with van der Waals surface area (Å²) in [6.45, 7) is 4.46. The zero-order valence-corrected chi connectivity index (χ0v) is 15.1. The number of hydrogen-bond donors (Lipinski definition) is 2. The molecule has 2 saturated heterocycles. The van der Waals surface area contributed by atoms with Crippen LogP contribution < -0.4 is 15.6 Å². The van der Waals surface area contributed by atoms with Gasteiger partial charge in [-0.3, -0.25) is 15.8 Å².